The molecule has 224 valence electrons. The first-order valence-electron chi connectivity index (χ1n) is 14.1. The lowest BCUT2D eigenvalue weighted by Crippen LogP contribution is -2.47. The summed E-state index contributed by atoms with van der Waals surface area (Å²) >= 11 is 0. The molecule has 10 heteroatoms. The Morgan fingerprint density at radius 2 is 1.45 bits per heavy atom. The number of para-hydroxylation sites is 2. The summed E-state index contributed by atoms with van der Waals surface area (Å²) in [5.74, 6) is 1.32. The summed E-state index contributed by atoms with van der Waals surface area (Å²) in [6.07, 6.45) is 0.709. The van der Waals surface area contributed by atoms with E-state index in [1.165, 1.54) is 14.2 Å². The number of ether oxygens (including phenoxy) is 4. The van der Waals surface area contributed by atoms with E-state index in [0.717, 1.165) is 43.3 Å². The van der Waals surface area contributed by atoms with Crippen molar-refractivity contribution in [3.05, 3.63) is 71.8 Å². The van der Waals surface area contributed by atoms with Gasteiger partial charge in [0, 0.05) is 68.9 Å². The minimum atomic E-state index is -0.339. The molecule has 3 aromatic carbocycles. The summed E-state index contributed by atoms with van der Waals surface area (Å²) in [7, 11) is 4.74. The van der Waals surface area contributed by atoms with Gasteiger partial charge in [-0.25, -0.2) is 0 Å². The van der Waals surface area contributed by atoms with Crippen LogP contribution in [-0.2, 0) is 4.74 Å². The van der Waals surface area contributed by atoms with Crippen LogP contribution in [0.4, 0.5) is 17.1 Å². The molecule has 3 aromatic rings. The highest BCUT2D eigenvalue weighted by Crippen LogP contribution is 2.31. The molecule has 4 rings (SSSR count). The van der Waals surface area contributed by atoms with Crippen LogP contribution in [0.25, 0.3) is 0 Å². The summed E-state index contributed by atoms with van der Waals surface area (Å²) in [6.45, 7) is 6.63. The van der Waals surface area contributed by atoms with Crippen LogP contribution in [-0.4, -0.2) is 79.1 Å². The fraction of sp³-hybridized carbons (Fsp3) is 0.375. The van der Waals surface area contributed by atoms with E-state index < -0.39 is 0 Å². The Morgan fingerprint density at radius 1 is 0.786 bits per heavy atom. The Labute approximate surface area is 247 Å². The Balaban J connectivity index is 1.54. The fourth-order valence-electron chi connectivity index (χ4n) is 4.91. The molecule has 42 heavy (non-hydrogen) atoms. The molecule has 1 saturated heterocycles. The number of benzene rings is 3. The Bertz CT molecular complexity index is 1330. The molecule has 0 saturated carbocycles. The van der Waals surface area contributed by atoms with E-state index in [4.69, 9.17) is 18.9 Å². The first kappa shape index (κ1) is 30.5. The van der Waals surface area contributed by atoms with Crippen LogP contribution in [0.1, 0.15) is 34.1 Å². The lowest BCUT2D eigenvalue weighted by Gasteiger charge is -2.38. The van der Waals surface area contributed by atoms with Crippen molar-refractivity contribution in [2.45, 2.75) is 13.3 Å². The third-order valence-electron chi connectivity index (χ3n) is 7.11. The van der Waals surface area contributed by atoms with Crippen molar-refractivity contribution in [1.29, 1.82) is 0 Å². The summed E-state index contributed by atoms with van der Waals surface area (Å²) in [5, 5.41) is 5.93. The molecular formula is C32H40N4O6. The molecule has 0 unspecified atom stereocenters. The molecule has 10 nitrogen and oxygen atoms in total. The molecule has 1 heterocycles. The normalized spacial score (nSPS) is 13.0. The number of hydrogen-bond donors (Lipinski definition) is 2. The summed E-state index contributed by atoms with van der Waals surface area (Å²) < 4.78 is 21.6. The van der Waals surface area contributed by atoms with Crippen LogP contribution in [0.2, 0.25) is 0 Å². The number of anilines is 3. The lowest BCUT2D eigenvalue weighted by molar-refractivity contribution is 0.0943. The van der Waals surface area contributed by atoms with Gasteiger partial charge in [0.1, 0.15) is 17.2 Å². The van der Waals surface area contributed by atoms with Gasteiger partial charge in [-0.2, -0.15) is 0 Å². The molecular weight excluding hydrogens is 536 g/mol. The van der Waals surface area contributed by atoms with Gasteiger partial charge >= 0.3 is 0 Å². The molecule has 0 aliphatic carbocycles. The minimum absolute atomic E-state index is 0.201. The SMILES string of the molecule is CCOCCCNC(=O)c1cc(NC(=O)c2cc(OC)cc(OC)c2)ccc1N1CCN(c2ccccc2OC)CC1. The lowest BCUT2D eigenvalue weighted by atomic mass is 10.1. The van der Waals surface area contributed by atoms with Crippen molar-refractivity contribution in [1.82, 2.24) is 5.32 Å². The van der Waals surface area contributed by atoms with Gasteiger partial charge in [0.15, 0.2) is 0 Å². The number of nitrogens with zero attached hydrogens (tertiary/aromatic N) is 2. The fourth-order valence-corrected chi connectivity index (χ4v) is 4.91. The predicted molar refractivity (Wildman–Crippen MR) is 165 cm³/mol. The summed E-state index contributed by atoms with van der Waals surface area (Å²) in [4.78, 5) is 31.1. The van der Waals surface area contributed by atoms with Crippen molar-refractivity contribution in [2.24, 2.45) is 0 Å². The number of rotatable bonds is 13. The van der Waals surface area contributed by atoms with E-state index >= 15 is 0 Å². The molecule has 2 amide bonds. The van der Waals surface area contributed by atoms with Gasteiger partial charge in [-0.3, -0.25) is 9.59 Å². The quantitative estimate of drug-likeness (QED) is 0.288. The van der Waals surface area contributed by atoms with E-state index in [-0.39, 0.29) is 11.8 Å². The van der Waals surface area contributed by atoms with Crippen LogP contribution in [0, 0.1) is 0 Å². The van der Waals surface area contributed by atoms with Crippen molar-refractivity contribution >= 4 is 28.9 Å². The summed E-state index contributed by atoms with van der Waals surface area (Å²) in [5.41, 5.74) is 3.26. The molecule has 2 N–H and O–H groups in total. The Kier molecular flexibility index (Phi) is 10.9. The standard InChI is InChI=1S/C32H40N4O6/c1-5-42-18-8-13-33-32(38)27-21-24(34-31(37)23-19-25(39-2)22-26(20-23)40-3)11-12-28(27)35-14-16-36(17-15-35)29-9-6-7-10-30(29)41-4/h6-7,9-12,19-22H,5,8,13-18H2,1-4H3,(H,33,38)(H,34,37). The molecule has 0 bridgehead atoms. The van der Waals surface area contributed by atoms with Crippen LogP contribution >= 0.6 is 0 Å². The van der Waals surface area contributed by atoms with Crippen molar-refractivity contribution in [3.63, 3.8) is 0 Å². The zero-order valence-corrected chi connectivity index (χ0v) is 24.8. The van der Waals surface area contributed by atoms with Gasteiger partial charge in [0.25, 0.3) is 11.8 Å². The molecule has 0 aromatic heterocycles. The molecule has 1 fully saturated rings. The highest BCUT2D eigenvalue weighted by Gasteiger charge is 2.24. The number of nitrogens with one attached hydrogen (secondary N) is 2. The third kappa shape index (κ3) is 7.64. The number of amides is 2. The maximum absolute atomic E-state index is 13.4. The van der Waals surface area contributed by atoms with Crippen molar-refractivity contribution < 1.29 is 28.5 Å². The molecule has 0 atom stereocenters. The zero-order chi connectivity index (χ0) is 29.9. The van der Waals surface area contributed by atoms with Crippen molar-refractivity contribution in [3.8, 4) is 17.2 Å². The maximum Gasteiger partial charge on any atom is 0.255 e. The number of methoxy groups -OCH3 is 3. The number of piperazine rings is 1. The molecule has 1 aliphatic rings. The average Bonchev–Trinajstić information content (AvgIpc) is 3.04. The van der Waals surface area contributed by atoms with Crippen LogP contribution in [0.5, 0.6) is 17.2 Å². The Morgan fingerprint density at radius 3 is 2.10 bits per heavy atom. The maximum atomic E-state index is 13.4. The van der Waals surface area contributed by atoms with E-state index in [1.807, 2.05) is 37.3 Å². The van der Waals surface area contributed by atoms with E-state index in [1.54, 1.807) is 31.4 Å². The van der Waals surface area contributed by atoms with Gasteiger partial charge in [0.2, 0.25) is 0 Å². The second-order valence-corrected chi connectivity index (χ2v) is 9.74. The first-order chi connectivity index (χ1) is 20.5. The smallest absolute Gasteiger partial charge is 0.255 e. The molecule has 0 spiro atoms. The minimum Gasteiger partial charge on any atom is -0.497 e. The van der Waals surface area contributed by atoms with Crippen LogP contribution in [0.3, 0.4) is 0 Å². The van der Waals surface area contributed by atoms with Crippen LogP contribution in [0.15, 0.2) is 60.7 Å². The zero-order valence-electron chi connectivity index (χ0n) is 24.8. The molecule has 0 radical (unpaired) electrons. The van der Waals surface area contributed by atoms with Gasteiger partial charge in [-0.1, -0.05) is 12.1 Å². The monoisotopic (exact) mass is 576 g/mol. The number of hydrogen-bond acceptors (Lipinski definition) is 8. The van der Waals surface area contributed by atoms with Gasteiger partial charge in [-0.15, -0.1) is 0 Å². The number of carbonyl (C=O) groups excluding carboxylic acids is 2. The van der Waals surface area contributed by atoms with Crippen LogP contribution < -0.4 is 34.6 Å². The van der Waals surface area contributed by atoms with Gasteiger partial charge in [0.05, 0.1) is 32.6 Å². The topological polar surface area (TPSA) is 102 Å². The van der Waals surface area contributed by atoms with Gasteiger partial charge in [-0.05, 0) is 55.8 Å². The average molecular weight is 577 g/mol. The van der Waals surface area contributed by atoms with E-state index in [9.17, 15) is 9.59 Å². The second kappa shape index (κ2) is 15.0. The number of carbonyl (C=O) groups is 2. The van der Waals surface area contributed by atoms with Gasteiger partial charge < -0.3 is 39.4 Å². The Hall–Kier alpha value is -4.44. The van der Waals surface area contributed by atoms with Crippen molar-refractivity contribution in [2.75, 3.05) is 82.4 Å². The molecule has 1 aliphatic heterocycles. The predicted octanol–water partition coefficient (Wildman–Crippen LogP) is 4.45. The first-order valence-corrected chi connectivity index (χ1v) is 14.1. The summed E-state index contributed by atoms with van der Waals surface area (Å²) in [6, 6.07) is 18.4. The third-order valence-corrected chi connectivity index (χ3v) is 7.11. The highest BCUT2D eigenvalue weighted by atomic mass is 16.5. The highest BCUT2D eigenvalue weighted by molar-refractivity contribution is 6.06. The van der Waals surface area contributed by atoms with E-state index in [2.05, 4.69) is 26.5 Å². The largest absolute Gasteiger partial charge is 0.497 e. The second-order valence-electron chi connectivity index (χ2n) is 9.74. The van der Waals surface area contributed by atoms with E-state index in [0.29, 0.717) is 54.5 Å².